The zero-order chi connectivity index (χ0) is 15.5. The van der Waals surface area contributed by atoms with Crippen LogP contribution in [0.2, 0.25) is 0 Å². The fourth-order valence-corrected chi connectivity index (χ4v) is 2.68. The van der Waals surface area contributed by atoms with Gasteiger partial charge in [-0.25, -0.2) is 8.42 Å². The Bertz CT molecular complexity index is 767. The minimum absolute atomic E-state index is 0.175. The van der Waals surface area contributed by atoms with Gasteiger partial charge in [-0.1, -0.05) is 35.9 Å². The van der Waals surface area contributed by atoms with Crippen LogP contribution in [0, 0.1) is 6.92 Å². The number of aryl methyl sites for hydroxylation is 1. The molecule has 4 nitrogen and oxygen atoms in total. The van der Waals surface area contributed by atoms with E-state index in [4.69, 9.17) is 0 Å². The van der Waals surface area contributed by atoms with Crippen molar-refractivity contribution in [1.82, 2.24) is 0 Å². The first kappa shape index (κ1) is 15.3. The highest BCUT2D eigenvalue weighted by atomic mass is 32.2. The molecule has 0 aliphatic carbocycles. The van der Waals surface area contributed by atoms with Crippen molar-refractivity contribution in [3.63, 3.8) is 0 Å². The summed E-state index contributed by atoms with van der Waals surface area (Å²) in [7, 11) is -3.28. The fraction of sp³-hybridized carbons (Fsp3) is 0.188. The maximum absolute atomic E-state index is 12.0. The molecule has 0 heterocycles. The summed E-state index contributed by atoms with van der Waals surface area (Å²) in [5.74, 6) is -0.175. The van der Waals surface area contributed by atoms with E-state index in [0.717, 1.165) is 17.4 Å². The lowest BCUT2D eigenvalue weighted by Crippen LogP contribution is -2.14. The molecule has 1 amide bonds. The Balaban J connectivity index is 2.10. The summed E-state index contributed by atoms with van der Waals surface area (Å²) in [5, 5.41) is 2.72. The molecule has 0 aromatic heterocycles. The Morgan fingerprint density at radius 3 is 2.48 bits per heavy atom. The van der Waals surface area contributed by atoms with Gasteiger partial charge in [-0.3, -0.25) is 4.79 Å². The van der Waals surface area contributed by atoms with Crippen molar-refractivity contribution < 1.29 is 13.2 Å². The molecule has 2 aromatic rings. The predicted molar refractivity (Wildman–Crippen MR) is 83.1 cm³/mol. The Labute approximate surface area is 124 Å². The van der Waals surface area contributed by atoms with Gasteiger partial charge in [-0.15, -0.1) is 0 Å². The summed E-state index contributed by atoms with van der Waals surface area (Å²) in [5.41, 5.74) is 2.50. The van der Waals surface area contributed by atoms with Gasteiger partial charge in [0.2, 0.25) is 5.91 Å². The third kappa shape index (κ3) is 4.43. The Hall–Kier alpha value is -2.14. The molecule has 5 heteroatoms. The number of anilines is 1. The van der Waals surface area contributed by atoms with E-state index in [1.54, 1.807) is 12.1 Å². The Kier molecular flexibility index (Phi) is 4.43. The standard InChI is InChI=1S/C16H17NO3S/c1-12-5-3-6-13(9-12)10-16(18)17-14-7-4-8-15(11-14)21(2,19)20/h3-9,11H,10H2,1-2H3,(H,17,18). The van der Waals surface area contributed by atoms with Crippen LogP contribution in [-0.4, -0.2) is 20.6 Å². The summed E-state index contributed by atoms with van der Waals surface area (Å²) in [6, 6.07) is 14.0. The van der Waals surface area contributed by atoms with Gasteiger partial charge < -0.3 is 5.32 Å². The lowest BCUT2D eigenvalue weighted by molar-refractivity contribution is -0.115. The highest BCUT2D eigenvalue weighted by molar-refractivity contribution is 7.90. The number of rotatable bonds is 4. The van der Waals surface area contributed by atoms with Crippen LogP contribution in [0.1, 0.15) is 11.1 Å². The van der Waals surface area contributed by atoms with E-state index in [-0.39, 0.29) is 17.2 Å². The van der Waals surface area contributed by atoms with Crippen molar-refractivity contribution >= 4 is 21.4 Å². The summed E-state index contributed by atoms with van der Waals surface area (Å²) in [6.45, 7) is 1.97. The first-order valence-electron chi connectivity index (χ1n) is 6.50. The molecule has 0 aliphatic heterocycles. The quantitative estimate of drug-likeness (QED) is 0.944. The van der Waals surface area contributed by atoms with Crippen LogP contribution in [0.25, 0.3) is 0 Å². The molecule has 0 saturated heterocycles. The molecule has 2 rings (SSSR count). The highest BCUT2D eigenvalue weighted by Gasteiger charge is 2.09. The topological polar surface area (TPSA) is 63.2 Å². The number of carbonyl (C=O) groups is 1. The van der Waals surface area contributed by atoms with Crippen molar-refractivity contribution in [2.75, 3.05) is 11.6 Å². The third-order valence-electron chi connectivity index (χ3n) is 2.99. The van der Waals surface area contributed by atoms with Crippen molar-refractivity contribution in [2.24, 2.45) is 0 Å². The minimum Gasteiger partial charge on any atom is -0.326 e. The predicted octanol–water partition coefficient (Wildman–Crippen LogP) is 2.58. The molecule has 2 aromatic carbocycles. The zero-order valence-electron chi connectivity index (χ0n) is 12.0. The number of amides is 1. The summed E-state index contributed by atoms with van der Waals surface area (Å²) < 4.78 is 23.0. The average molecular weight is 303 g/mol. The van der Waals surface area contributed by atoms with Gasteiger partial charge in [-0.2, -0.15) is 0 Å². The average Bonchev–Trinajstić information content (AvgIpc) is 2.37. The Morgan fingerprint density at radius 2 is 1.81 bits per heavy atom. The number of sulfone groups is 1. The maximum Gasteiger partial charge on any atom is 0.228 e. The molecule has 0 radical (unpaired) electrons. The van der Waals surface area contributed by atoms with Gasteiger partial charge in [0.1, 0.15) is 0 Å². The Morgan fingerprint density at radius 1 is 1.10 bits per heavy atom. The normalized spacial score (nSPS) is 11.1. The van der Waals surface area contributed by atoms with Crippen LogP contribution in [0.4, 0.5) is 5.69 Å². The van der Waals surface area contributed by atoms with Crippen LogP contribution >= 0.6 is 0 Å². The third-order valence-corrected chi connectivity index (χ3v) is 4.10. The van der Waals surface area contributed by atoms with Crippen molar-refractivity contribution in [2.45, 2.75) is 18.2 Å². The van der Waals surface area contributed by atoms with Crippen molar-refractivity contribution in [3.05, 3.63) is 59.7 Å². The molecule has 0 saturated carbocycles. The number of nitrogens with one attached hydrogen (secondary N) is 1. The van der Waals surface area contributed by atoms with Gasteiger partial charge in [0, 0.05) is 11.9 Å². The molecule has 0 spiro atoms. The largest absolute Gasteiger partial charge is 0.326 e. The summed E-state index contributed by atoms with van der Waals surface area (Å²) in [6.07, 6.45) is 1.39. The number of benzene rings is 2. The molecule has 1 N–H and O–H groups in total. The summed E-state index contributed by atoms with van der Waals surface area (Å²) in [4.78, 5) is 12.2. The van der Waals surface area contributed by atoms with Gasteiger partial charge in [0.25, 0.3) is 0 Å². The number of carbonyl (C=O) groups excluding carboxylic acids is 1. The van der Waals surface area contributed by atoms with E-state index in [1.807, 2.05) is 31.2 Å². The van der Waals surface area contributed by atoms with E-state index in [0.29, 0.717) is 5.69 Å². The molecule has 21 heavy (non-hydrogen) atoms. The second kappa shape index (κ2) is 6.10. The van der Waals surface area contributed by atoms with Gasteiger partial charge in [0.15, 0.2) is 9.84 Å². The molecule has 110 valence electrons. The summed E-state index contributed by atoms with van der Waals surface area (Å²) >= 11 is 0. The van der Waals surface area contributed by atoms with Crippen molar-refractivity contribution in [1.29, 1.82) is 0 Å². The fourth-order valence-electron chi connectivity index (χ4n) is 2.02. The van der Waals surface area contributed by atoms with Crippen molar-refractivity contribution in [3.8, 4) is 0 Å². The lowest BCUT2D eigenvalue weighted by atomic mass is 10.1. The first-order chi connectivity index (χ1) is 9.84. The number of hydrogen-bond acceptors (Lipinski definition) is 3. The van der Waals surface area contributed by atoms with Crippen LogP contribution in [0.15, 0.2) is 53.4 Å². The van der Waals surface area contributed by atoms with Crippen LogP contribution in [0.5, 0.6) is 0 Å². The van der Waals surface area contributed by atoms with Crippen LogP contribution in [0.3, 0.4) is 0 Å². The molecule has 0 bridgehead atoms. The van der Waals surface area contributed by atoms with E-state index < -0.39 is 9.84 Å². The van der Waals surface area contributed by atoms with E-state index >= 15 is 0 Å². The smallest absolute Gasteiger partial charge is 0.228 e. The lowest BCUT2D eigenvalue weighted by Gasteiger charge is -2.07. The first-order valence-corrected chi connectivity index (χ1v) is 8.39. The zero-order valence-corrected chi connectivity index (χ0v) is 12.8. The second-order valence-electron chi connectivity index (χ2n) is 5.01. The second-order valence-corrected chi connectivity index (χ2v) is 7.03. The van der Waals surface area contributed by atoms with Gasteiger partial charge >= 0.3 is 0 Å². The SMILES string of the molecule is Cc1cccc(CC(=O)Nc2cccc(S(C)(=O)=O)c2)c1. The molecular weight excluding hydrogens is 286 g/mol. The molecular formula is C16H17NO3S. The van der Waals surface area contributed by atoms with Crippen LogP contribution < -0.4 is 5.32 Å². The maximum atomic E-state index is 12.0. The van der Waals surface area contributed by atoms with E-state index in [2.05, 4.69) is 5.32 Å². The monoisotopic (exact) mass is 303 g/mol. The van der Waals surface area contributed by atoms with Gasteiger partial charge in [0.05, 0.1) is 11.3 Å². The molecule has 0 fully saturated rings. The van der Waals surface area contributed by atoms with E-state index in [1.165, 1.54) is 12.1 Å². The number of hydrogen-bond donors (Lipinski definition) is 1. The highest BCUT2D eigenvalue weighted by Crippen LogP contribution is 2.15. The van der Waals surface area contributed by atoms with Crippen LogP contribution in [-0.2, 0) is 21.1 Å². The molecule has 0 atom stereocenters. The minimum atomic E-state index is -3.28. The van der Waals surface area contributed by atoms with Gasteiger partial charge in [-0.05, 0) is 30.7 Å². The molecule has 0 unspecified atom stereocenters. The molecule has 0 aliphatic rings. The van der Waals surface area contributed by atoms with E-state index in [9.17, 15) is 13.2 Å².